The Balaban J connectivity index is 2.56. The van der Waals surface area contributed by atoms with E-state index in [1.165, 1.54) is 6.20 Å². The third kappa shape index (κ3) is 4.05. The summed E-state index contributed by atoms with van der Waals surface area (Å²) < 4.78 is 0. The van der Waals surface area contributed by atoms with Gasteiger partial charge >= 0.3 is 0 Å². The van der Waals surface area contributed by atoms with Crippen LogP contribution in [-0.2, 0) is 0 Å². The van der Waals surface area contributed by atoms with Crippen LogP contribution in [0.3, 0.4) is 0 Å². The zero-order chi connectivity index (χ0) is 20.6. The summed E-state index contributed by atoms with van der Waals surface area (Å²) in [6.45, 7) is 13.6. The fourth-order valence-electron chi connectivity index (χ4n) is 3.68. The Morgan fingerprint density at radius 1 is 1.52 bits per heavy atom. The lowest BCUT2D eigenvalue weighted by Crippen LogP contribution is -2.48. The largest absolute Gasteiger partial charge is 0.432 e. The van der Waals surface area contributed by atoms with E-state index in [2.05, 4.69) is 11.6 Å². The van der Waals surface area contributed by atoms with Crippen molar-refractivity contribution in [2.45, 2.75) is 57.3 Å². The van der Waals surface area contributed by atoms with Crippen LogP contribution in [0.2, 0.25) is 18.1 Å². The molecule has 0 saturated carbocycles. The van der Waals surface area contributed by atoms with E-state index in [1.807, 2.05) is 39.9 Å². The number of hydrogen-bond acceptors (Lipinski definition) is 5. The molecule has 3 atom stereocenters. The van der Waals surface area contributed by atoms with E-state index >= 15 is 0 Å². The Bertz CT molecular complexity index is 769. The Labute approximate surface area is 161 Å². The zero-order valence-corrected chi connectivity index (χ0v) is 17.8. The second-order valence-corrected chi connectivity index (χ2v) is 13.3. The van der Waals surface area contributed by atoms with Gasteiger partial charge in [0, 0.05) is 12.1 Å². The first-order valence-electron chi connectivity index (χ1n) is 9.21. The molecule has 0 fully saturated rings. The highest BCUT2D eigenvalue weighted by Gasteiger charge is 2.48. The lowest BCUT2D eigenvalue weighted by molar-refractivity contribution is -0.385. The van der Waals surface area contributed by atoms with Crippen molar-refractivity contribution >= 4 is 19.6 Å². The first-order chi connectivity index (χ1) is 12.3. The van der Waals surface area contributed by atoms with E-state index in [0.717, 1.165) is 5.57 Å². The Morgan fingerprint density at radius 3 is 2.67 bits per heavy atom. The van der Waals surface area contributed by atoms with Crippen molar-refractivity contribution in [1.82, 2.24) is 4.98 Å². The molecule has 0 radical (unpaired) electrons. The summed E-state index contributed by atoms with van der Waals surface area (Å²) in [5, 5.41) is 22.4. The van der Waals surface area contributed by atoms with E-state index in [1.54, 1.807) is 18.3 Å². The summed E-state index contributed by atoms with van der Waals surface area (Å²) in [4.78, 5) is 25.6. The molecule has 2 rings (SSSR count). The molecule has 0 aliphatic heterocycles. The van der Waals surface area contributed by atoms with Crippen LogP contribution in [0.15, 0.2) is 37.2 Å². The molecule has 1 heterocycles. The van der Waals surface area contributed by atoms with Gasteiger partial charge in [-0.05, 0) is 48.5 Å². The van der Waals surface area contributed by atoms with Gasteiger partial charge in [-0.1, -0.05) is 32.9 Å². The van der Waals surface area contributed by atoms with Gasteiger partial charge in [0.2, 0.25) is 0 Å². The molecule has 6 nitrogen and oxygen atoms in total. The molecule has 0 spiro atoms. The number of hydrogen-bond donors (Lipinski definition) is 2. The van der Waals surface area contributed by atoms with Crippen molar-refractivity contribution in [2.75, 3.05) is 0 Å². The molecule has 0 aromatic carbocycles. The smallest absolute Gasteiger partial charge is 0.294 e. The van der Waals surface area contributed by atoms with E-state index in [4.69, 9.17) is 0 Å². The Hall–Kier alpha value is -1.83. The molecule has 1 aromatic heterocycles. The van der Waals surface area contributed by atoms with Crippen molar-refractivity contribution in [3.05, 3.63) is 52.9 Å². The van der Waals surface area contributed by atoms with Crippen LogP contribution < -0.4 is 0 Å². The van der Waals surface area contributed by atoms with Crippen LogP contribution in [-0.4, -0.2) is 33.7 Å². The number of nitrogens with zero attached hydrogens (tertiary/aromatic N) is 2. The maximum atomic E-state index is 11.4. The third-order valence-electron chi connectivity index (χ3n) is 6.37. The minimum absolute atomic E-state index is 0.0325. The van der Waals surface area contributed by atoms with Gasteiger partial charge in [0.25, 0.3) is 5.69 Å². The molecule has 148 valence electrons. The maximum absolute atomic E-state index is 11.4. The fourth-order valence-corrected chi connectivity index (χ4v) is 4.40. The van der Waals surface area contributed by atoms with Gasteiger partial charge in [-0.25, -0.2) is 0 Å². The molecule has 1 aliphatic carbocycles. The topological polar surface area (TPSA) is 96.5 Å². The summed E-state index contributed by atoms with van der Waals surface area (Å²) in [5.74, 6) is -0.456. The van der Waals surface area contributed by atoms with Crippen LogP contribution in [0.4, 0.5) is 5.69 Å². The minimum Gasteiger partial charge on any atom is -0.432 e. The van der Waals surface area contributed by atoms with E-state index < -0.39 is 18.8 Å². The SMILES string of the molecule is C=C[C@@]1(O)[C@@H](C)CC(c2ccncc2[N+](=O)[O-])=C[C@H]1CC(C)(C)[Si](C)(C)O. The molecule has 27 heavy (non-hydrogen) atoms. The monoisotopic (exact) mass is 390 g/mol. The molecule has 0 unspecified atom stereocenters. The molecule has 1 aromatic rings. The number of nitro groups is 1. The molecule has 2 N–H and O–H groups in total. The fraction of sp³-hybridized carbons (Fsp3) is 0.550. The Morgan fingerprint density at radius 2 is 2.15 bits per heavy atom. The molecule has 0 amide bonds. The highest BCUT2D eigenvalue weighted by atomic mass is 28.4. The second-order valence-electron chi connectivity index (χ2n) is 8.79. The third-order valence-corrected chi connectivity index (χ3v) is 9.88. The minimum atomic E-state index is -2.49. The highest BCUT2D eigenvalue weighted by molar-refractivity contribution is 6.72. The first-order valence-corrected chi connectivity index (χ1v) is 12.2. The number of pyridine rings is 1. The summed E-state index contributed by atoms with van der Waals surface area (Å²) in [7, 11) is -2.49. The number of aliphatic hydroxyl groups is 1. The second kappa shape index (κ2) is 7.29. The van der Waals surface area contributed by atoms with Crippen molar-refractivity contribution < 1.29 is 14.8 Å². The standard InChI is InChI=1S/C20H30N2O4Si/c1-7-20(23)14(2)10-15(17-8-9-21-13-18(17)22(24)25)11-16(20)12-19(3,4)27(5,6)26/h7-9,11,13-14,16,23,26H,1,10,12H2,2-6H3/t14-,16-,20+/m0/s1. The lowest BCUT2D eigenvalue weighted by atomic mass is 9.67. The van der Waals surface area contributed by atoms with Crippen LogP contribution in [0, 0.1) is 22.0 Å². The summed E-state index contributed by atoms with van der Waals surface area (Å²) in [6.07, 6.45) is 7.40. The van der Waals surface area contributed by atoms with Crippen molar-refractivity contribution in [3.8, 4) is 0 Å². The molecule has 1 aliphatic rings. The van der Waals surface area contributed by atoms with Crippen LogP contribution in [0.5, 0.6) is 0 Å². The van der Waals surface area contributed by atoms with Crippen LogP contribution in [0.1, 0.15) is 39.2 Å². The van der Waals surface area contributed by atoms with Crippen molar-refractivity contribution in [1.29, 1.82) is 0 Å². The quantitative estimate of drug-likeness (QED) is 0.326. The van der Waals surface area contributed by atoms with Gasteiger partial charge in [-0.15, -0.1) is 6.58 Å². The van der Waals surface area contributed by atoms with Gasteiger partial charge in [-0.3, -0.25) is 15.1 Å². The number of aromatic nitrogens is 1. The van der Waals surface area contributed by atoms with Crippen molar-refractivity contribution in [3.63, 3.8) is 0 Å². The molecular formula is C20H30N2O4Si. The van der Waals surface area contributed by atoms with Crippen LogP contribution in [0.25, 0.3) is 5.57 Å². The molecule has 7 heteroatoms. The molecule has 0 bridgehead atoms. The lowest BCUT2D eigenvalue weighted by Gasteiger charge is -2.46. The first kappa shape index (κ1) is 21.5. The van der Waals surface area contributed by atoms with Crippen molar-refractivity contribution in [2.24, 2.45) is 11.8 Å². The average molecular weight is 391 g/mol. The zero-order valence-electron chi connectivity index (χ0n) is 16.8. The van der Waals surface area contributed by atoms with Crippen LogP contribution >= 0.6 is 0 Å². The predicted octanol–water partition coefficient (Wildman–Crippen LogP) is 4.31. The Kier molecular flexibility index (Phi) is 5.80. The molecule has 0 saturated heterocycles. The van der Waals surface area contributed by atoms with Gasteiger partial charge < -0.3 is 9.90 Å². The van der Waals surface area contributed by atoms with E-state index in [0.29, 0.717) is 18.4 Å². The predicted molar refractivity (Wildman–Crippen MR) is 110 cm³/mol. The van der Waals surface area contributed by atoms with Gasteiger partial charge in [0.15, 0.2) is 8.32 Å². The summed E-state index contributed by atoms with van der Waals surface area (Å²) in [5.41, 5.74) is 0.217. The van der Waals surface area contributed by atoms with E-state index in [-0.39, 0.29) is 22.6 Å². The van der Waals surface area contributed by atoms with Gasteiger partial charge in [0.1, 0.15) is 6.20 Å². The number of allylic oxidation sites excluding steroid dienone is 1. The number of rotatable bonds is 6. The normalized spacial score (nSPS) is 26.4. The van der Waals surface area contributed by atoms with Gasteiger partial charge in [0.05, 0.1) is 16.1 Å². The maximum Gasteiger partial charge on any atom is 0.294 e. The molecular weight excluding hydrogens is 360 g/mol. The van der Waals surface area contributed by atoms with E-state index in [9.17, 15) is 20.0 Å². The average Bonchev–Trinajstić information content (AvgIpc) is 2.57. The highest BCUT2D eigenvalue weighted by Crippen LogP contribution is 2.50. The summed E-state index contributed by atoms with van der Waals surface area (Å²) >= 11 is 0. The summed E-state index contributed by atoms with van der Waals surface area (Å²) in [6, 6.07) is 1.65. The van der Waals surface area contributed by atoms with Gasteiger partial charge in [-0.2, -0.15) is 0 Å².